The van der Waals surface area contributed by atoms with Crippen molar-refractivity contribution in [2.45, 2.75) is 53.5 Å². The summed E-state index contributed by atoms with van der Waals surface area (Å²) in [5.41, 5.74) is 6.09. The number of rotatable bonds is 5. The molecule has 0 aliphatic rings. The number of aromatic amines is 1. The van der Waals surface area contributed by atoms with Crippen molar-refractivity contribution in [3.63, 3.8) is 0 Å². The predicted octanol–water partition coefficient (Wildman–Crippen LogP) is 5.54. The monoisotopic (exact) mass is 456 g/mol. The molecule has 0 spiro atoms. The Morgan fingerprint density at radius 3 is 2.62 bits per heavy atom. The average Bonchev–Trinajstić information content (AvgIpc) is 3.32. The number of hydrogen-bond donors (Lipinski definition) is 2. The van der Waals surface area contributed by atoms with Crippen molar-refractivity contribution < 1.29 is 13.6 Å². The number of benzene rings is 2. The molecule has 5 aromatic rings. The van der Waals surface area contributed by atoms with Crippen molar-refractivity contribution >= 4 is 38.7 Å². The zero-order chi connectivity index (χ0) is 24.1. The van der Waals surface area contributed by atoms with Crippen LogP contribution in [0.4, 0.5) is 0 Å². The summed E-state index contributed by atoms with van der Waals surface area (Å²) in [5.74, 6) is 0.624. The van der Waals surface area contributed by atoms with Crippen LogP contribution in [0.25, 0.3) is 32.8 Å². The van der Waals surface area contributed by atoms with Gasteiger partial charge in [-0.15, -0.1) is 0 Å². The molecule has 1 amide bonds. The first-order valence-corrected chi connectivity index (χ1v) is 11.5. The van der Waals surface area contributed by atoms with Crippen molar-refractivity contribution in [3.05, 3.63) is 80.5 Å². The predicted molar refractivity (Wildman–Crippen MR) is 135 cm³/mol. The maximum Gasteiger partial charge on any atom is 0.340 e. The Labute approximate surface area is 196 Å². The van der Waals surface area contributed by atoms with Gasteiger partial charge >= 0.3 is 5.63 Å². The topological polar surface area (TPSA) is 88.2 Å². The van der Waals surface area contributed by atoms with Crippen LogP contribution >= 0.6 is 0 Å². The summed E-state index contributed by atoms with van der Waals surface area (Å²) in [6.07, 6.45) is 2.62. The lowest BCUT2D eigenvalue weighted by Gasteiger charge is -2.14. The van der Waals surface area contributed by atoms with Gasteiger partial charge in [-0.3, -0.25) is 4.79 Å². The highest BCUT2D eigenvalue weighted by Crippen LogP contribution is 2.36. The molecule has 6 heteroatoms. The zero-order valence-corrected chi connectivity index (χ0v) is 20.1. The van der Waals surface area contributed by atoms with Crippen molar-refractivity contribution in [2.75, 3.05) is 0 Å². The van der Waals surface area contributed by atoms with E-state index < -0.39 is 5.63 Å². The summed E-state index contributed by atoms with van der Waals surface area (Å²) in [7, 11) is 0. The van der Waals surface area contributed by atoms with Gasteiger partial charge in [-0.25, -0.2) is 4.79 Å². The number of para-hydroxylation sites is 1. The van der Waals surface area contributed by atoms with E-state index in [2.05, 4.69) is 16.4 Å². The van der Waals surface area contributed by atoms with Crippen LogP contribution in [0.5, 0.6) is 0 Å². The number of carbonyl (C=O) groups is 1. The maximum absolute atomic E-state index is 12.9. The van der Waals surface area contributed by atoms with Crippen molar-refractivity contribution in [1.82, 2.24) is 10.3 Å². The Balaban J connectivity index is 1.43. The minimum atomic E-state index is -0.483. The fourth-order valence-electron chi connectivity index (χ4n) is 5.00. The molecule has 0 unspecified atom stereocenters. The molecule has 0 fully saturated rings. The van der Waals surface area contributed by atoms with E-state index in [4.69, 9.17) is 8.83 Å². The number of aromatic nitrogens is 1. The van der Waals surface area contributed by atoms with Gasteiger partial charge in [0.05, 0.1) is 17.4 Å². The van der Waals surface area contributed by atoms with Crippen LogP contribution in [0.1, 0.15) is 40.5 Å². The molecule has 1 atom stereocenters. The summed E-state index contributed by atoms with van der Waals surface area (Å²) >= 11 is 0. The van der Waals surface area contributed by atoms with E-state index in [-0.39, 0.29) is 18.4 Å². The molecule has 0 radical (unpaired) electrons. The molecule has 34 heavy (non-hydrogen) atoms. The van der Waals surface area contributed by atoms with E-state index in [1.807, 2.05) is 65.1 Å². The molecule has 0 aliphatic carbocycles. The van der Waals surface area contributed by atoms with Crippen molar-refractivity contribution in [3.8, 4) is 0 Å². The smallest absolute Gasteiger partial charge is 0.340 e. The van der Waals surface area contributed by atoms with Crippen LogP contribution in [-0.2, 0) is 17.6 Å². The fourth-order valence-corrected chi connectivity index (χ4v) is 5.00. The SMILES string of the molecule is Cc1oc2c(c(C)cc3oc(=O)c(CC(=O)N[C@H](C)Cc4c[nH]c5ccccc45)c(C)c32)c1C. The second-order valence-electron chi connectivity index (χ2n) is 9.26. The maximum atomic E-state index is 12.9. The quantitative estimate of drug-likeness (QED) is 0.340. The first-order chi connectivity index (χ1) is 16.2. The Hall–Kier alpha value is -3.80. The Kier molecular flexibility index (Phi) is 5.31. The van der Waals surface area contributed by atoms with Crippen LogP contribution in [0.2, 0.25) is 0 Å². The number of nitrogens with one attached hydrogen (secondary N) is 2. The molecule has 3 aromatic heterocycles. The molecule has 3 heterocycles. The molecule has 2 aromatic carbocycles. The van der Waals surface area contributed by atoms with Gasteiger partial charge in [-0.2, -0.15) is 0 Å². The van der Waals surface area contributed by atoms with Gasteiger partial charge in [-0.05, 0) is 75.4 Å². The number of hydrogen-bond acceptors (Lipinski definition) is 4. The third-order valence-corrected chi connectivity index (χ3v) is 6.82. The molecule has 5 rings (SSSR count). The van der Waals surface area contributed by atoms with E-state index in [0.717, 1.165) is 49.7 Å². The van der Waals surface area contributed by atoms with Gasteiger partial charge in [0.2, 0.25) is 5.91 Å². The third kappa shape index (κ3) is 3.59. The standard InChI is InChI=1S/C28H28N2O4/c1-14-10-23-26(27-25(14)16(3)18(5)33-27)17(4)21(28(32)34-23)12-24(31)30-15(2)11-19-13-29-22-9-7-6-8-20(19)22/h6-10,13,15,29H,11-12H2,1-5H3,(H,30,31)/t15-/m1/s1. The second kappa shape index (κ2) is 8.20. The zero-order valence-electron chi connectivity index (χ0n) is 20.1. The van der Waals surface area contributed by atoms with Crippen LogP contribution in [-0.4, -0.2) is 16.9 Å². The Morgan fingerprint density at radius 2 is 1.82 bits per heavy atom. The van der Waals surface area contributed by atoms with E-state index >= 15 is 0 Å². The van der Waals surface area contributed by atoms with Gasteiger partial charge in [0.1, 0.15) is 16.9 Å². The average molecular weight is 457 g/mol. The first-order valence-electron chi connectivity index (χ1n) is 11.5. The van der Waals surface area contributed by atoms with E-state index in [9.17, 15) is 9.59 Å². The highest BCUT2D eigenvalue weighted by molar-refractivity contribution is 6.07. The number of furan rings is 1. The molecule has 0 saturated carbocycles. The summed E-state index contributed by atoms with van der Waals surface area (Å²) in [6, 6.07) is 9.88. The molecule has 0 saturated heterocycles. The molecule has 174 valence electrons. The van der Waals surface area contributed by atoms with Crippen LogP contribution < -0.4 is 10.9 Å². The highest BCUT2D eigenvalue weighted by atomic mass is 16.4. The normalized spacial score (nSPS) is 12.6. The van der Waals surface area contributed by atoms with Crippen molar-refractivity contribution in [2.24, 2.45) is 0 Å². The van der Waals surface area contributed by atoms with Gasteiger partial charge < -0.3 is 19.1 Å². The molecular weight excluding hydrogens is 428 g/mol. The first kappa shape index (κ1) is 22.0. The summed E-state index contributed by atoms with van der Waals surface area (Å²) < 4.78 is 11.7. The summed E-state index contributed by atoms with van der Waals surface area (Å²) in [4.78, 5) is 29.0. The van der Waals surface area contributed by atoms with Crippen LogP contribution in [0, 0.1) is 27.7 Å². The van der Waals surface area contributed by atoms with E-state index in [1.54, 1.807) is 0 Å². The Morgan fingerprint density at radius 1 is 1.06 bits per heavy atom. The van der Waals surface area contributed by atoms with Gasteiger partial charge in [0, 0.05) is 28.5 Å². The lowest BCUT2D eigenvalue weighted by atomic mass is 9.98. The minimum absolute atomic E-state index is 0.0453. The van der Waals surface area contributed by atoms with Gasteiger partial charge in [-0.1, -0.05) is 18.2 Å². The molecule has 6 nitrogen and oxygen atoms in total. The van der Waals surface area contributed by atoms with E-state index in [1.165, 1.54) is 0 Å². The molecule has 2 N–H and O–H groups in total. The van der Waals surface area contributed by atoms with Crippen LogP contribution in [0.3, 0.4) is 0 Å². The molecular formula is C28H28N2O4. The summed E-state index contributed by atoms with van der Waals surface area (Å²) in [6.45, 7) is 9.77. The third-order valence-electron chi connectivity index (χ3n) is 6.82. The number of H-pyrrole nitrogens is 1. The fraction of sp³-hybridized carbons (Fsp3) is 0.286. The highest BCUT2D eigenvalue weighted by Gasteiger charge is 2.21. The lowest BCUT2D eigenvalue weighted by molar-refractivity contribution is -0.121. The Bertz CT molecular complexity index is 1630. The second-order valence-corrected chi connectivity index (χ2v) is 9.26. The molecule has 0 aliphatic heterocycles. The number of fused-ring (bicyclic) bond motifs is 4. The van der Waals surface area contributed by atoms with E-state index in [0.29, 0.717) is 23.2 Å². The van der Waals surface area contributed by atoms with Crippen molar-refractivity contribution in [1.29, 1.82) is 0 Å². The largest absolute Gasteiger partial charge is 0.460 e. The number of carbonyl (C=O) groups excluding carboxylic acids is 1. The van der Waals surface area contributed by atoms with Gasteiger partial charge in [0.15, 0.2) is 0 Å². The minimum Gasteiger partial charge on any atom is -0.460 e. The number of amides is 1. The summed E-state index contributed by atoms with van der Waals surface area (Å²) in [5, 5.41) is 5.98. The lowest BCUT2D eigenvalue weighted by Crippen LogP contribution is -2.36. The van der Waals surface area contributed by atoms with Crippen LogP contribution in [0.15, 0.2) is 50.2 Å². The molecule has 0 bridgehead atoms. The van der Waals surface area contributed by atoms with Gasteiger partial charge in [0.25, 0.3) is 0 Å². The number of aryl methyl sites for hydroxylation is 4.